The molecule has 2 fully saturated rings. The number of carbonyl (C=O) groups excluding carboxylic acids is 1. The number of piperidine rings is 1. The highest BCUT2D eigenvalue weighted by Gasteiger charge is 2.41. The molecule has 1 unspecified atom stereocenters. The first kappa shape index (κ1) is 18.7. The Morgan fingerprint density at radius 2 is 1.96 bits per heavy atom. The zero-order valence-corrected chi connectivity index (χ0v) is 16.2. The average molecular weight is 381 g/mol. The van der Waals surface area contributed by atoms with Gasteiger partial charge in [0, 0.05) is 30.9 Å². The maximum atomic E-state index is 12.8. The molecule has 2 bridgehead atoms. The predicted molar refractivity (Wildman–Crippen MR) is 107 cm³/mol. The number of benzene rings is 1. The van der Waals surface area contributed by atoms with Gasteiger partial charge in [0.05, 0.1) is 6.61 Å². The van der Waals surface area contributed by atoms with Crippen molar-refractivity contribution in [3.05, 3.63) is 47.7 Å². The molecule has 1 amide bonds. The van der Waals surface area contributed by atoms with Crippen LogP contribution >= 0.6 is 0 Å². The van der Waals surface area contributed by atoms with E-state index < -0.39 is 0 Å². The first-order valence-electron chi connectivity index (χ1n) is 10.00. The van der Waals surface area contributed by atoms with E-state index in [-0.39, 0.29) is 23.8 Å². The zero-order valence-electron chi connectivity index (χ0n) is 16.2. The van der Waals surface area contributed by atoms with E-state index in [1.165, 1.54) is 24.6 Å². The molecule has 1 aromatic heterocycles. The van der Waals surface area contributed by atoms with E-state index in [2.05, 4.69) is 50.5 Å². The van der Waals surface area contributed by atoms with Crippen molar-refractivity contribution in [2.24, 2.45) is 0 Å². The van der Waals surface area contributed by atoms with Crippen LogP contribution in [0.3, 0.4) is 0 Å². The van der Waals surface area contributed by atoms with Gasteiger partial charge in [-0.05, 0) is 38.2 Å². The summed E-state index contributed by atoms with van der Waals surface area (Å²) in [4.78, 5) is 23.4. The van der Waals surface area contributed by atoms with Crippen LogP contribution in [0.15, 0.2) is 36.5 Å². The number of anilines is 1. The SMILES string of the molecule is CCOc1nc(N)ncc1C(=O)NC1C[C@H]2CC[C@@H](C1)N2Cc1ccccc1. The number of amides is 1. The number of fused-ring (bicyclic) bond motifs is 2. The summed E-state index contributed by atoms with van der Waals surface area (Å²) in [7, 11) is 0. The molecule has 4 rings (SSSR count). The Balaban J connectivity index is 1.41. The van der Waals surface area contributed by atoms with Gasteiger partial charge < -0.3 is 15.8 Å². The van der Waals surface area contributed by atoms with E-state index in [0.29, 0.717) is 24.3 Å². The third-order valence-electron chi connectivity index (χ3n) is 5.73. The van der Waals surface area contributed by atoms with Gasteiger partial charge in [0.25, 0.3) is 5.91 Å². The number of ether oxygens (including phenoxy) is 1. The molecule has 0 spiro atoms. The Labute approximate surface area is 165 Å². The molecule has 2 aliphatic heterocycles. The molecule has 2 aromatic rings. The van der Waals surface area contributed by atoms with Crippen LogP contribution in [0.4, 0.5) is 5.95 Å². The minimum Gasteiger partial charge on any atom is -0.477 e. The standard InChI is InChI=1S/C21H27N5O2/c1-2-28-20-18(12-23-21(22)25-20)19(27)24-15-10-16-8-9-17(11-15)26(16)13-14-6-4-3-5-7-14/h3-7,12,15-17H,2,8-11,13H2,1H3,(H,24,27)(H2,22,23,25)/t15?,16-,17+. The van der Waals surface area contributed by atoms with Gasteiger partial charge in [-0.3, -0.25) is 9.69 Å². The second-order valence-corrected chi connectivity index (χ2v) is 7.56. The van der Waals surface area contributed by atoms with E-state index >= 15 is 0 Å². The van der Waals surface area contributed by atoms with E-state index in [4.69, 9.17) is 10.5 Å². The average Bonchev–Trinajstić information content (AvgIpc) is 2.91. The molecule has 7 nitrogen and oxygen atoms in total. The number of carbonyl (C=O) groups is 1. The molecule has 2 saturated heterocycles. The van der Waals surface area contributed by atoms with E-state index in [1.807, 2.05) is 6.92 Å². The largest absolute Gasteiger partial charge is 0.477 e. The lowest BCUT2D eigenvalue weighted by Crippen LogP contribution is -2.50. The van der Waals surface area contributed by atoms with Gasteiger partial charge in [-0.25, -0.2) is 4.98 Å². The predicted octanol–water partition coefficient (Wildman–Crippen LogP) is 2.38. The highest BCUT2D eigenvalue weighted by Crippen LogP contribution is 2.37. The molecule has 148 valence electrons. The lowest BCUT2D eigenvalue weighted by Gasteiger charge is -2.39. The molecule has 1 aromatic carbocycles. The lowest BCUT2D eigenvalue weighted by molar-refractivity contribution is 0.0824. The van der Waals surface area contributed by atoms with Crippen LogP contribution in [0, 0.1) is 0 Å². The van der Waals surface area contributed by atoms with Crippen LogP contribution in [0.25, 0.3) is 0 Å². The summed E-state index contributed by atoms with van der Waals surface area (Å²) in [6.45, 7) is 3.25. The minimum absolute atomic E-state index is 0.104. The minimum atomic E-state index is -0.190. The number of hydrogen-bond acceptors (Lipinski definition) is 6. The summed E-state index contributed by atoms with van der Waals surface area (Å²) >= 11 is 0. The fraction of sp³-hybridized carbons (Fsp3) is 0.476. The van der Waals surface area contributed by atoms with Crippen LogP contribution in [-0.2, 0) is 6.54 Å². The van der Waals surface area contributed by atoms with Crippen LogP contribution in [-0.4, -0.2) is 45.5 Å². The summed E-state index contributed by atoms with van der Waals surface area (Å²) in [5.74, 6) is 0.161. The normalized spacial score (nSPS) is 24.1. The van der Waals surface area contributed by atoms with Gasteiger partial charge in [0.15, 0.2) is 0 Å². The Kier molecular flexibility index (Phi) is 5.43. The molecule has 3 N–H and O–H groups in total. The van der Waals surface area contributed by atoms with Gasteiger partial charge in [-0.1, -0.05) is 30.3 Å². The number of nitrogens with two attached hydrogens (primary N) is 1. The summed E-state index contributed by atoms with van der Waals surface area (Å²) in [6.07, 6.45) is 5.77. The number of aromatic nitrogens is 2. The van der Waals surface area contributed by atoms with E-state index in [9.17, 15) is 4.79 Å². The molecule has 0 radical (unpaired) electrons. The van der Waals surface area contributed by atoms with Gasteiger partial charge in [-0.15, -0.1) is 0 Å². The molecule has 3 atom stereocenters. The summed E-state index contributed by atoms with van der Waals surface area (Å²) in [6, 6.07) is 11.8. The number of nitrogens with zero attached hydrogens (tertiary/aromatic N) is 3. The van der Waals surface area contributed by atoms with Crippen molar-refractivity contribution >= 4 is 11.9 Å². The van der Waals surface area contributed by atoms with Crippen molar-refractivity contribution < 1.29 is 9.53 Å². The van der Waals surface area contributed by atoms with Crippen LogP contribution < -0.4 is 15.8 Å². The van der Waals surface area contributed by atoms with Crippen molar-refractivity contribution in [2.75, 3.05) is 12.3 Å². The Morgan fingerprint density at radius 1 is 1.25 bits per heavy atom. The molecule has 7 heteroatoms. The number of nitrogens with one attached hydrogen (secondary N) is 1. The molecular formula is C21H27N5O2. The Hall–Kier alpha value is -2.67. The third-order valence-corrected chi connectivity index (χ3v) is 5.73. The quantitative estimate of drug-likeness (QED) is 0.798. The maximum Gasteiger partial charge on any atom is 0.258 e. The molecule has 0 saturated carbocycles. The van der Waals surface area contributed by atoms with Gasteiger partial charge in [0.2, 0.25) is 11.8 Å². The second-order valence-electron chi connectivity index (χ2n) is 7.56. The highest BCUT2D eigenvalue weighted by atomic mass is 16.5. The number of nitrogen functional groups attached to an aromatic ring is 1. The van der Waals surface area contributed by atoms with Crippen molar-refractivity contribution in [3.63, 3.8) is 0 Å². The van der Waals surface area contributed by atoms with Gasteiger partial charge >= 0.3 is 0 Å². The summed E-state index contributed by atoms with van der Waals surface area (Å²) < 4.78 is 5.47. The van der Waals surface area contributed by atoms with Crippen molar-refractivity contribution in [1.29, 1.82) is 0 Å². The molecular weight excluding hydrogens is 354 g/mol. The first-order chi connectivity index (χ1) is 13.6. The number of rotatable bonds is 6. The van der Waals surface area contributed by atoms with Crippen molar-refractivity contribution in [3.8, 4) is 5.88 Å². The van der Waals surface area contributed by atoms with E-state index in [1.54, 1.807) is 0 Å². The third kappa shape index (κ3) is 3.94. The van der Waals surface area contributed by atoms with Crippen LogP contribution in [0.5, 0.6) is 5.88 Å². The zero-order chi connectivity index (χ0) is 19.5. The fourth-order valence-corrected chi connectivity index (χ4v) is 4.49. The Bertz CT molecular complexity index is 815. The number of hydrogen-bond donors (Lipinski definition) is 2. The lowest BCUT2D eigenvalue weighted by atomic mass is 9.96. The summed E-state index contributed by atoms with van der Waals surface area (Å²) in [5.41, 5.74) is 7.32. The Morgan fingerprint density at radius 3 is 2.64 bits per heavy atom. The van der Waals surface area contributed by atoms with Crippen LogP contribution in [0.1, 0.15) is 48.5 Å². The summed E-state index contributed by atoms with van der Waals surface area (Å²) in [5, 5.41) is 3.17. The maximum absolute atomic E-state index is 12.8. The molecule has 2 aliphatic rings. The monoisotopic (exact) mass is 381 g/mol. The van der Waals surface area contributed by atoms with E-state index in [0.717, 1.165) is 19.4 Å². The molecule has 0 aliphatic carbocycles. The van der Waals surface area contributed by atoms with Crippen LogP contribution in [0.2, 0.25) is 0 Å². The topological polar surface area (TPSA) is 93.4 Å². The van der Waals surface area contributed by atoms with Crippen molar-refractivity contribution in [1.82, 2.24) is 20.2 Å². The van der Waals surface area contributed by atoms with Gasteiger partial charge in [-0.2, -0.15) is 4.98 Å². The second kappa shape index (κ2) is 8.14. The smallest absolute Gasteiger partial charge is 0.258 e. The van der Waals surface area contributed by atoms with Gasteiger partial charge in [0.1, 0.15) is 5.56 Å². The highest BCUT2D eigenvalue weighted by molar-refractivity contribution is 5.96. The molecule has 28 heavy (non-hydrogen) atoms. The first-order valence-corrected chi connectivity index (χ1v) is 10.00. The van der Waals surface area contributed by atoms with Crippen molar-refractivity contribution in [2.45, 2.75) is 57.3 Å². The fourth-order valence-electron chi connectivity index (χ4n) is 4.49. The molecule has 3 heterocycles.